The highest BCUT2D eigenvalue weighted by molar-refractivity contribution is 5.73. The number of unbranched alkanes of at least 4 members (excludes halogenated alkanes) is 1. The minimum absolute atomic E-state index is 0.235. The van der Waals surface area contributed by atoms with Gasteiger partial charge in [0.15, 0.2) is 0 Å². The van der Waals surface area contributed by atoms with E-state index in [4.69, 9.17) is 11.0 Å². The van der Waals surface area contributed by atoms with Gasteiger partial charge in [0, 0.05) is 12.5 Å². The molecule has 0 aliphatic heterocycles. The first kappa shape index (κ1) is 11.9. The molecule has 0 spiro atoms. The second kappa shape index (κ2) is 7.56. The molecule has 0 bridgehead atoms. The van der Waals surface area contributed by atoms with Crippen molar-refractivity contribution >= 4 is 5.91 Å². The summed E-state index contributed by atoms with van der Waals surface area (Å²) >= 11 is 0. The van der Waals surface area contributed by atoms with Crippen molar-refractivity contribution in [3.63, 3.8) is 0 Å². The van der Waals surface area contributed by atoms with Crippen molar-refractivity contribution in [2.24, 2.45) is 5.73 Å². The van der Waals surface area contributed by atoms with Crippen LogP contribution in [0.4, 0.5) is 0 Å². The molecule has 0 aliphatic rings. The van der Waals surface area contributed by atoms with Crippen molar-refractivity contribution in [3.8, 4) is 6.07 Å². The summed E-state index contributed by atoms with van der Waals surface area (Å²) in [6.45, 7) is 2.81. The molecule has 0 rings (SSSR count). The van der Waals surface area contributed by atoms with Crippen LogP contribution in [0, 0.1) is 11.3 Å². The Kier molecular flexibility index (Phi) is 6.93. The maximum atomic E-state index is 10.4. The van der Waals surface area contributed by atoms with Crippen LogP contribution in [0.2, 0.25) is 0 Å². The average molecular weight is 183 g/mol. The number of carbonyl (C=O) groups is 1. The van der Waals surface area contributed by atoms with E-state index in [1.807, 2.05) is 6.92 Å². The Balaban J connectivity index is 3.16. The van der Waals surface area contributed by atoms with E-state index in [2.05, 4.69) is 11.4 Å². The van der Waals surface area contributed by atoms with Crippen LogP contribution in [-0.4, -0.2) is 18.5 Å². The lowest BCUT2D eigenvalue weighted by atomic mass is 10.2. The minimum Gasteiger partial charge on any atom is -0.370 e. The Morgan fingerprint density at radius 2 is 2.31 bits per heavy atom. The maximum absolute atomic E-state index is 10.4. The Morgan fingerprint density at radius 1 is 1.62 bits per heavy atom. The zero-order valence-corrected chi connectivity index (χ0v) is 8.05. The Hall–Kier alpha value is -1.08. The highest BCUT2D eigenvalue weighted by Gasteiger charge is 1.99. The summed E-state index contributed by atoms with van der Waals surface area (Å²) in [6, 6.07) is 2.32. The average Bonchev–Trinajstić information content (AvgIpc) is 2.03. The summed E-state index contributed by atoms with van der Waals surface area (Å²) in [5.41, 5.74) is 4.98. The molecule has 1 amide bonds. The Labute approximate surface area is 79.1 Å². The fourth-order valence-electron chi connectivity index (χ4n) is 0.982. The minimum atomic E-state index is -0.245. The first-order valence-electron chi connectivity index (χ1n) is 4.55. The van der Waals surface area contributed by atoms with Gasteiger partial charge in [0.2, 0.25) is 5.91 Å². The molecule has 74 valence electrons. The van der Waals surface area contributed by atoms with Crippen LogP contribution in [0.25, 0.3) is 0 Å². The number of nitrogens with zero attached hydrogens (tertiary/aromatic N) is 1. The second-order valence-electron chi connectivity index (χ2n) is 3.14. The molecule has 0 aromatic heterocycles. The van der Waals surface area contributed by atoms with Gasteiger partial charge in [-0.25, -0.2) is 0 Å². The first-order chi connectivity index (χ1) is 6.16. The van der Waals surface area contributed by atoms with Crippen LogP contribution in [0.1, 0.15) is 32.6 Å². The third-order valence-corrected chi connectivity index (χ3v) is 1.74. The summed E-state index contributed by atoms with van der Waals surface area (Å²) in [7, 11) is 0. The monoisotopic (exact) mass is 183 g/mol. The van der Waals surface area contributed by atoms with Crippen molar-refractivity contribution in [1.82, 2.24) is 5.32 Å². The number of nitriles is 1. The van der Waals surface area contributed by atoms with E-state index in [0.717, 1.165) is 19.4 Å². The number of hydrogen-bond acceptors (Lipinski definition) is 3. The van der Waals surface area contributed by atoms with E-state index in [1.165, 1.54) is 0 Å². The fourth-order valence-corrected chi connectivity index (χ4v) is 0.982. The summed E-state index contributed by atoms with van der Waals surface area (Å²) < 4.78 is 0. The van der Waals surface area contributed by atoms with Gasteiger partial charge in [-0.05, 0) is 26.3 Å². The number of hydrogen-bond donors (Lipinski definition) is 2. The Morgan fingerprint density at radius 3 is 2.85 bits per heavy atom. The number of carbonyl (C=O) groups excluding carboxylic acids is 1. The highest BCUT2D eigenvalue weighted by Crippen LogP contribution is 1.94. The van der Waals surface area contributed by atoms with Gasteiger partial charge < -0.3 is 11.1 Å². The first-order valence-corrected chi connectivity index (χ1v) is 4.55. The lowest BCUT2D eigenvalue weighted by molar-refractivity contribution is -0.118. The van der Waals surface area contributed by atoms with Crippen molar-refractivity contribution in [2.75, 3.05) is 6.54 Å². The topological polar surface area (TPSA) is 78.9 Å². The van der Waals surface area contributed by atoms with Crippen LogP contribution < -0.4 is 11.1 Å². The third kappa shape index (κ3) is 8.83. The van der Waals surface area contributed by atoms with E-state index in [1.54, 1.807) is 0 Å². The Bertz CT molecular complexity index is 186. The number of nitrogens with one attached hydrogen (secondary N) is 1. The predicted molar refractivity (Wildman–Crippen MR) is 50.7 cm³/mol. The molecule has 1 unspecified atom stereocenters. The number of nitrogens with two attached hydrogens (primary N) is 1. The van der Waals surface area contributed by atoms with Gasteiger partial charge in [0.25, 0.3) is 0 Å². The van der Waals surface area contributed by atoms with Gasteiger partial charge >= 0.3 is 0 Å². The molecule has 0 saturated heterocycles. The molecule has 13 heavy (non-hydrogen) atoms. The molecule has 0 saturated carbocycles. The van der Waals surface area contributed by atoms with Gasteiger partial charge in [0.05, 0.1) is 12.5 Å². The van der Waals surface area contributed by atoms with E-state index in [9.17, 15) is 4.79 Å². The quantitative estimate of drug-likeness (QED) is 0.565. The second-order valence-corrected chi connectivity index (χ2v) is 3.14. The van der Waals surface area contributed by atoms with Crippen molar-refractivity contribution in [1.29, 1.82) is 5.26 Å². The maximum Gasteiger partial charge on any atom is 0.217 e. The summed E-state index contributed by atoms with van der Waals surface area (Å²) in [4.78, 5) is 10.4. The zero-order valence-electron chi connectivity index (χ0n) is 8.05. The standard InChI is InChI=1S/C9H17N3O/c1-8(5-6-10)12-7-3-2-4-9(11)13/h8,12H,2-5,7H2,1H3,(H2,11,13). The summed E-state index contributed by atoms with van der Waals surface area (Å²) in [5.74, 6) is -0.245. The zero-order chi connectivity index (χ0) is 10.1. The van der Waals surface area contributed by atoms with Gasteiger partial charge in [-0.2, -0.15) is 5.26 Å². The van der Waals surface area contributed by atoms with Crippen LogP contribution in [0.15, 0.2) is 0 Å². The van der Waals surface area contributed by atoms with E-state index in [0.29, 0.717) is 12.8 Å². The van der Waals surface area contributed by atoms with Gasteiger partial charge in [-0.15, -0.1) is 0 Å². The molecule has 0 heterocycles. The molecule has 4 heteroatoms. The van der Waals surface area contributed by atoms with Crippen LogP contribution in [-0.2, 0) is 4.79 Å². The number of primary amides is 1. The van der Waals surface area contributed by atoms with Crippen LogP contribution in [0.5, 0.6) is 0 Å². The normalized spacial score (nSPS) is 12.0. The smallest absolute Gasteiger partial charge is 0.217 e. The number of rotatable bonds is 7. The molecule has 0 fully saturated rings. The molecule has 0 aliphatic carbocycles. The van der Waals surface area contributed by atoms with Crippen molar-refractivity contribution in [2.45, 2.75) is 38.6 Å². The lowest BCUT2D eigenvalue weighted by Crippen LogP contribution is -2.26. The SMILES string of the molecule is CC(CC#N)NCCCCC(N)=O. The molecular weight excluding hydrogens is 166 g/mol. The summed E-state index contributed by atoms with van der Waals surface area (Å²) in [5, 5.41) is 11.5. The molecule has 0 aromatic carbocycles. The predicted octanol–water partition coefficient (Wildman–Crippen LogP) is 0.534. The summed E-state index contributed by atoms with van der Waals surface area (Å²) in [6.07, 6.45) is 2.73. The highest BCUT2D eigenvalue weighted by atomic mass is 16.1. The molecule has 4 nitrogen and oxygen atoms in total. The van der Waals surface area contributed by atoms with Crippen molar-refractivity contribution < 1.29 is 4.79 Å². The van der Waals surface area contributed by atoms with Gasteiger partial charge in [0.1, 0.15) is 0 Å². The van der Waals surface area contributed by atoms with Crippen LogP contribution >= 0.6 is 0 Å². The van der Waals surface area contributed by atoms with Gasteiger partial charge in [-0.3, -0.25) is 4.79 Å². The third-order valence-electron chi connectivity index (χ3n) is 1.74. The lowest BCUT2D eigenvalue weighted by Gasteiger charge is -2.08. The fraction of sp³-hybridized carbons (Fsp3) is 0.778. The largest absolute Gasteiger partial charge is 0.370 e. The van der Waals surface area contributed by atoms with E-state index in [-0.39, 0.29) is 11.9 Å². The van der Waals surface area contributed by atoms with Crippen LogP contribution in [0.3, 0.4) is 0 Å². The molecule has 0 radical (unpaired) electrons. The number of amides is 1. The molecule has 0 aromatic rings. The molecule has 1 atom stereocenters. The van der Waals surface area contributed by atoms with Gasteiger partial charge in [-0.1, -0.05) is 0 Å². The van der Waals surface area contributed by atoms with E-state index >= 15 is 0 Å². The molecule has 3 N–H and O–H groups in total. The van der Waals surface area contributed by atoms with Crippen molar-refractivity contribution in [3.05, 3.63) is 0 Å². The van der Waals surface area contributed by atoms with E-state index < -0.39 is 0 Å². The molecular formula is C9H17N3O.